The molecule has 92 valence electrons. The predicted octanol–water partition coefficient (Wildman–Crippen LogP) is 2.97. The van der Waals surface area contributed by atoms with Crippen LogP contribution in [0.15, 0.2) is 10.8 Å². The van der Waals surface area contributed by atoms with Crippen LogP contribution in [0.1, 0.15) is 0 Å². The van der Waals surface area contributed by atoms with E-state index < -0.39 is 8.07 Å². The van der Waals surface area contributed by atoms with E-state index in [4.69, 9.17) is 9.47 Å². The Morgan fingerprint density at radius 1 is 1.44 bits per heavy atom. The molecule has 0 aliphatic carbocycles. The van der Waals surface area contributed by atoms with Crippen molar-refractivity contribution in [3.8, 4) is 6.01 Å². The van der Waals surface area contributed by atoms with Crippen LogP contribution in [0.5, 0.6) is 6.01 Å². The monoisotopic (exact) mass is 306 g/mol. The zero-order chi connectivity index (χ0) is 12.2. The van der Waals surface area contributed by atoms with E-state index in [-0.39, 0.29) is 0 Å². The van der Waals surface area contributed by atoms with Gasteiger partial charge < -0.3 is 9.47 Å². The highest BCUT2D eigenvalue weighted by atomic mass is 79.9. The van der Waals surface area contributed by atoms with E-state index in [0.29, 0.717) is 12.7 Å². The summed E-state index contributed by atoms with van der Waals surface area (Å²) in [5, 5.41) is 0. The number of aromatic nitrogens is 2. The molecule has 0 atom stereocenters. The molecule has 0 radical (unpaired) electrons. The van der Waals surface area contributed by atoms with Crippen LogP contribution in [-0.2, 0) is 11.5 Å². The molecule has 0 saturated carbocycles. The molecular formula is C10H19BrN2O2Si. The molecule has 16 heavy (non-hydrogen) atoms. The fourth-order valence-electron chi connectivity index (χ4n) is 1.15. The first-order chi connectivity index (χ1) is 7.44. The third kappa shape index (κ3) is 4.27. The highest BCUT2D eigenvalue weighted by Gasteiger charge is 2.13. The number of imidazole rings is 1. The van der Waals surface area contributed by atoms with Crippen LogP contribution in [0.2, 0.25) is 25.7 Å². The maximum Gasteiger partial charge on any atom is 0.298 e. The van der Waals surface area contributed by atoms with E-state index in [2.05, 4.69) is 40.6 Å². The van der Waals surface area contributed by atoms with Crippen LogP contribution >= 0.6 is 15.9 Å². The summed E-state index contributed by atoms with van der Waals surface area (Å²) in [6.45, 7) is 8.29. The molecule has 0 bridgehead atoms. The van der Waals surface area contributed by atoms with Gasteiger partial charge in [-0.25, -0.2) is 4.98 Å². The molecule has 6 heteroatoms. The summed E-state index contributed by atoms with van der Waals surface area (Å²) in [4.78, 5) is 4.08. The van der Waals surface area contributed by atoms with Gasteiger partial charge in [-0.3, -0.25) is 4.57 Å². The Kier molecular flexibility index (Phi) is 5.01. The second kappa shape index (κ2) is 5.84. The maximum atomic E-state index is 5.63. The van der Waals surface area contributed by atoms with Crippen LogP contribution in [0, 0.1) is 0 Å². The van der Waals surface area contributed by atoms with Crippen LogP contribution in [0.25, 0.3) is 0 Å². The van der Waals surface area contributed by atoms with Crippen LogP contribution in [0.3, 0.4) is 0 Å². The molecule has 1 aromatic heterocycles. The molecule has 0 saturated heterocycles. The fraction of sp³-hybridized carbons (Fsp3) is 0.700. The SMILES string of the molecule is COc1ncc(Br)n1COCC[Si](C)(C)C. The summed E-state index contributed by atoms with van der Waals surface area (Å²) >= 11 is 3.40. The Hall–Kier alpha value is -0.333. The van der Waals surface area contributed by atoms with Gasteiger partial charge in [0.1, 0.15) is 11.3 Å². The molecule has 0 fully saturated rings. The Bertz CT molecular complexity index is 336. The number of methoxy groups -OCH3 is 1. The van der Waals surface area contributed by atoms with E-state index in [1.807, 2.05) is 4.57 Å². The zero-order valence-corrected chi connectivity index (χ0v) is 12.9. The van der Waals surface area contributed by atoms with E-state index in [1.165, 1.54) is 6.04 Å². The minimum atomic E-state index is -1.01. The normalized spacial score (nSPS) is 11.8. The number of hydrogen-bond donors (Lipinski definition) is 0. The molecular weight excluding hydrogens is 288 g/mol. The van der Waals surface area contributed by atoms with E-state index in [9.17, 15) is 0 Å². The van der Waals surface area contributed by atoms with Gasteiger partial charge in [0.15, 0.2) is 0 Å². The standard InChI is InChI=1S/C10H19BrN2O2Si/c1-14-10-12-7-9(11)13(10)8-15-5-6-16(2,3)4/h7H,5-6,8H2,1-4H3. The molecule has 1 aromatic rings. The van der Waals surface area contributed by atoms with Crippen molar-refractivity contribution in [3.05, 3.63) is 10.8 Å². The summed E-state index contributed by atoms with van der Waals surface area (Å²) in [5.74, 6) is 0. The van der Waals surface area contributed by atoms with Crippen molar-refractivity contribution >= 4 is 24.0 Å². The average molecular weight is 307 g/mol. The lowest BCUT2D eigenvalue weighted by molar-refractivity contribution is 0.0794. The minimum Gasteiger partial charge on any atom is -0.468 e. The Labute approximate surface area is 106 Å². The number of ether oxygens (including phenoxy) is 2. The molecule has 0 unspecified atom stereocenters. The molecule has 0 aliphatic rings. The van der Waals surface area contributed by atoms with Gasteiger partial charge in [-0.1, -0.05) is 19.6 Å². The first-order valence-corrected chi connectivity index (χ1v) is 9.77. The summed E-state index contributed by atoms with van der Waals surface area (Å²) in [7, 11) is 0.597. The molecule has 0 aromatic carbocycles. The largest absolute Gasteiger partial charge is 0.468 e. The van der Waals surface area contributed by atoms with E-state index in [1.54, 1.807) is 13.3 Å². The quantitative estimate of drug-likeness (QED) is 0.599. The van der Waals surface area contributed by atoms with Crippen molar-refractivity contribution in [1.29, 1.82) is 0 Å². The summed E-state index contributed by atoms with van der Waals surface area (Å²) in [6, 6.07) is 1.74. The Morgan fingerprint density at radius 3 is 2.69 bits per heavy atom. The highest BCUT2D eigenvalue weighted by molar-refractivity contribution is 9.10. The molecule has 1 rings (SSSR count). The second-order valence-corrected chi connectivity index (χ2v) is 11.3. The van der Waals surface area contributed by atoms with Crippen molar-refractivity contribution < 1.29 is 9.47 Å². The first-order valence-electron chi connectivity index (χ1n) is 5.27. The maximum absolute atomic E-state index is 5.63. The second-order valence-electron chi connectivity index (χ2n) is 4.84. The van der Waals surface area contributed by atoms with Crippen LogP contribution in [-0.4, -0.2) is 31.3 Å². The first kappa shape index (κ1) is 13.7. The topological polar surface area (TPSA) is 36.3 Å². The smallest absolute Gasteiger partial charge is 0.298 e. The highest BCUT2D eigenvalue weighted by Crippen LogP contribution is 2.18. The summed E-state index contributed by atoms with van der Waals surface area (Å²) in [5.41, 5.74) is 0. The lowest BCUT2D eigenvalue weighted by Crippen LogP contribution is -2.22. The number of halogens is 1. The lowest BCUT2D eigenvalue weighted by atomic mass is 10.8. The van der Waals surface area contributed by atoms with Crippen molar-refractivity contribution in [2.75, 3.05) is 13.7 Å². The van der Waals surface area contributed by atoms with Gasteiger partial charge in [0.05, 0.1) is 13.3 Å². The molecule has 0 aliphatic heterocycles. The van der Waals surface area contributed by atoms with Gasteiger partial charge in [-0.15, -0.1) is 0 Å². The van der Waals surface area contributed by atoms with Gasteiger partial charge in [0.25, 0.3) is 6.01 Å². The van der Waals surface area contributed by atoms with E-state index in [0.717, 1.165) is 11.2 Å². The molecule has 0 N–H and O–H groups in total. The Morgan fingerprint density at radius 2 is 2.12 bits per heavy atom. The molecule has 0 spiro atoms. The number of rotatable bonds is 6. The van der Waals surface area contributed by atoms with Crippen molar-refractivity contribution in [3.63, 3.8) is 0 Å². The molecule has 4 nitrogen and oxygen atoms in total. The van der Waals surface area contributed by atoms with Gasteiger partial charge in [-0.2, -0.15) is 0 Å². The van der Waals surface area contributed by atoms with Gasteiger partial charge >= 0.3 is 0 Å². The predicted molar refractivity (Wildman–Crippen MR) is 70.6 cm³/mol. The molecule has 1 heterocycles. The van der Waals surface area contributed by atoms with Crippen molar-refractivity contribution in [1.82, 2.24) is 9.55 Å². The summed E-state index contributed by atoms with van der Waals surface area (Å²) < 4.78 is 13.5. The van der Waals surface area contributed by atoms with Gasteiger partial charge in [0.2, 0.25) is 0 Å². The van der Waals surface area contributed by atoms with Crippen molar-refractivity contribution in [2.24, 2.45) is 0 Å². The molecule has 0 amide bonds. The fourth-order valence-corrected chi connectivity index (χ4v) is 2.27. The van der Waals surface area contributed by atoms with Crippen molar-refractivity contribution in [2.45, 2.75) is 32.4 Å². The van der Waals surface area contributed by atoms with Gasteiger partial charge in [-0.05, 0) is 22.0 Å². The third-order valence-corrected chi connectivity index (χ3v) is 4.51. The zero-order valence-electron chi connectivity index (χ0n) is 10.3. The average Bonchev–Trinajstić information content (AvgIpc) is 2.53. The third-order valence-electron chi connectivity index (χ3n) is 2.17. The minimum absolute atomic E-state index is 0.480. The Balaban J connectivity index is 2.40. The number of nitrogens with zero attached hydrogens (tertiary/aromatic N) is 2. The number of hydrogen-bond acceptors (Lipinski definition) is 3. The summed E-state index contributed by atoms with van der Waals surface area (Å²) in [6.07, 6.45) is 1.71. The van der Waals surface area contributed by atoms with E-state index >= 15 is 0 Å². The van der Waals surface area contributed by atoms with Gasteiger partial charge in [0, 0.05) is 14.7 Å². The lowest BCUT2D eigenvalue weighted by Gasteiger charge is -2.16. The van der Waals surface area contributed by atoms with Crippen LogP contribution < -0.4 is 4.74 Å². The van der Waals surface area contributed by atoms with Crippen LogP contribution in [0.4, 0.5) is 0 Å².